The molecule has 7 nitrogen and oxygen atoms in total. The molecule has 0 saturated carbocycles. The molecule has 8 heteroatoms. The second-order valence-electron chi connectivity index (χ2n) is 7.01. The summed E-state index contributed by atoms with van der Waals surface area (Å²) in [6.45, 7) is 4.00. The van der Waals surface area contributed by atoms with Gasteiger partial charge in [-0.3, -0.25) is 19.6 Å². The van der Waals surface area contributed by atoms with Crippen molar-refractivity contribution in [3.05, 3.63) is 99.6 Å². The molecular formula is C22H20N2O5S. The van der Waals surface area contributed by atoms with Crippen molar-refractivity contribution in [2.45, 2.75) is 24.7 Å². The number of hydrogen-bond donors (Lipinski definition) is 1. The van der Waals surface area contributed by atoms with E-state index in [2.05, 4.69) is 4.72 Å². The summed E-state index contributed by atoms with van der Waals surface area (Å²) in [6, 6.07) is 18.1. The van der Waals surface area contributed by atoms with E-state index in [1.807, 2.05) is 13.8 Å². The van der Waals surface area contributed by atoms with E-state index in [1.165, 1.54) is 18.2 Å². The van der Waals surface area contributed by atoms with Crippen LogP contribution >= 0.6 is 0 Å². The zero-order chi connectivity index (χ0) is 21.9. The number of benzene rings is 3. The first-order chi connectivity index (χ1) is 14.2. The first kappa shape index (κ1) is 21.2. The number of carbonyl (C=O) groups excluding carboxylic acids is 1. The van der Waals surface area contributed by atoms with Crippen LogP contribution in [0.3, 0.4) is 0 Å². The molecule has 0 radical (unpaired) electrons. The number of non-ortho nitro benzene ring substituents is 1. The maximum atomic E-state index is 12.9. The smallest absolute Gasteiger partial charge is 0.270 e. The fourth-order valence-electron chi connectivity index (χ4n) is 2.90. The van der Waals surface area contributed by atoms with Gasteiger partial charge in [-0.25, -0.2) is 8.42 Å². The SMILES string of the molecule is CC(C)c1ccc(S(=O)(=O)Nc2ccc([N+](=O)[O-])cc2C(=O)c2ccccc2)cc1. The molecule has 0 aliphatic carbocycles. The molecule has 30 heavy (non-hydrogen) atoms. The Morgan fingerprint density at radius 1 is 0.967 bits per heavy atom. The molecule has 0 aromatic heterocycles. The molecule has 0 heterocycles. The lowest BCUT2D eigenvalue weighted by atomic mass is 10.0. The van der Waals surface area contributed by atoms with Crippen molar-refractivity contribution in [3.8, 4) is 0 Å². The van der Waals surface area contributed by atoms with Gasteiger partial charge >= 0.3 is 0 Å². The lowest BCUT2D eigenvalue weighted by Crippen LogP contribution is -2.16. The van der Waals surface area contributed by atoms with Crippen molar-refractivity contribution in [3.63, 3.8) is 0 Å². The predicted molar refractivity (Wildman–Crippen MR) is 114 cm³/mol. The van der Waals surface area contributed by atoms with Crippen LogP contribution in [0.1, 0.15) is 41.3 Å². The van der Waals surface area contributed by atoms with E-state index in [-0.39, 0.29) is 27.8 Å². The van der Waals surface area contributed by atoms with E-state index in [4.69, 9.17) is 0 Å². The minimum Gasteiger partial charge on any atom is -0.289 e. The largest absolute Gasteiger partial charge is 0.289 e. The van der Waals surface area contributed by atoms with Gasteiger partial charge in [0, 0.05) is 17.7 Å². The molecule has 0 fully saturated rings. The third kappa shape index (κ3) is 4.55. The summed E-state index contributed by atoms with van der Waals surface area (Å²) in [5.41, 5.74) is 0.850. The van der Waals surface area contributed by atoms with E-state index in [1.54, 1.807) is 42.5 Å². The zero-order valence-corrected chi connectivity index (χ0v) is 17.2. The predicted octanol–water partition coefficient (Wildman–Crippen LogP) is 4.75. The highest BCUT2D eigenvalue weighted by atomic mass is 32.2. The number of anilines is 1. The fourth-order valence-corrected chi connectivity index (χ4v) is 3.98. The third-order valence-electron chi connectivity index (χ3n) is 4.60. The summed E-state index contributed by atoms with van der Waals surface area (Å²) in [5, 5.41) is 11.2. The third-order valence-corrected chi connectivity index (χ3v) is 5.98. The number of nitrogens with zero attached hydrogens (tertiary/aromatic N) is 1. The van der Waals surface area contributed by atoms with Gasteiger partial charge < -0.3 is 0 Å². The second-order valence-corrected chi connectivity index (χ2v) is 8.69. The summed E-state index contributed by atoms with van der Waals surface area (Å²) in [7, 11) is -4.00. The first-order valence-corrected chi connectivity index (χ1v) is 10.7. The Hall–Kier alpha value is -3.52. The van der Waals surface area contributed by atoms with Crippen molar-refractivity contribution in [2.24, 2.45) is 0 Å². The van der Waals surface area contributed by atoms with E-state index in [0.717, 1.165) is 17.7 Å². The van der Waals surface area contributed by atoms with Crippen LogP contribution in [0.5, 0.6) is 0 Å². The summed E-state index contributed by atoms with van der Waals surface area (Å²) >= 11 is 0. The minimum atomic E-state index is -4.00. The van der Waals surface area contributed by atoms with E-state index in [9.17, 15) is 23.3 Å². The zero-order valence-electron chi connectivity index (χ0n) is 16.4. The fraction of sp³-hybridized carbons (Fsp3) is 0.136. The maximum Gasteiger partial charge on any atom is 0.270 e. The van der Waals surface area contributed by atoms with Crippen LogP contribution in [0, 0.1) is 10.1 Å². The minimum absolute atomic E-state index is 0.0256. The molecule has 3 aromatic carbocycles. The topological polar surface area (TPSA) is 106 Å². The van der Waals surface area contributed by atoms with Gasteiger partial charge in [0.2, 0.25) is 0 Å². The number of hydrogen-bond acceptors (Lipinski definition) is 5. The average Bonchev–Trinajstić information content (AvgIpc) is 2.73. The van der Waals surface area contributed by atoms with Crippen molar-refractivity contribution in [2.75, 3.05) is 4.72 Å². The molecule has 0 aliphatic heterocycles. The molecule has 0 bridgehead atoms. The van der Waals surface area contributed by atoms with Crippen LogP contribution in [0.25, 0.3) is 0 Å². The van der Waals surface area contributed by atoms with Gasteiger partial charge in [0.05, 0.1) is 21.1 Å². The molecule has 3 rings (SSSR count). The maximum absolute atomic E-state index is 12.9. The van der Waals surface area contributed by atoms with Gasteiger partial charge in [-0.05, 0) is 29.7 Å². The summed E-state index contributed by atoms with van der Waals surface area (Å²) in [6.07, 6.45) is 0. The van der Waals surface area contributed by atoms with E-state index in [0.29, 0.717) is 5.56 Å². The summed E-state index contributed by atoms with van der Waals surface area (Å²) < 4.78 is 28.1. The van der Waals surface area contributed by atoms with E-state index >= 15 is 0 Å². The molecule has 0 atom stereocenters. The Labute approximate surface area is 174 Å². The van der Waals surface area contributed by atoms with Crippen molar-refractivity contribution in [1.29, 1.82) is 0 Å². The molecular weight excluding hydrogens is 404 g/mol. The number of rotatable bonds is 7. The Morgan fingerprint density at radius 3 is 2.17 bits per heavy atom. The van der Waals surface area contributed by atoms with Gasteiger partial charge in [-0.1, -0.05) is 56.3 Å². The molecule has 154 valence electrons. The van der Waals surface area contributed by atoms with Crippen molar-refractivity contribution < 1.29 is 18.1 Å². The highest BCUT2D eigenvalue weighted by Gasteiger charge is 2.22. The summed E-state index contributed by atoms with van der Waals surface area (Å²) in [4.78, 5) is 23.5. The Balaban J connectivity index is 2.02. The molecule has 0 amide bonds. The lowest BCUT2D eigenvalue weighted by Gasteiger charge is -2.13. The molecule has 0 aliphatic rings. The van der Waals surface area contributed by atoms with Crippen LogP contribution in [-0.4, -0.2) is 19.1 Å². The Morgan fingerprint density at radius 2 is 1.60 bits per heavy atom. The number of nitrogens with one attached hydrogen (secondary N) is 1. The molecule has 0 saturated heterocycles. The molecule has 0 spiro atoms. The first-order valence-electron chi connectivity index (χ1n) is 9.20. The highest BCUT2D eigenvalue weighted by molar-refractivity contribution is 7.92. The van der Waals surface area contributed by atoms with Crippen LogP contribution < -0.4 is 4.72 Å². The lowest BCUT2D eigenvalue weighted by molar-refractivity contribution is -0.384. The standard InChI is InChI=1S/C22H20N2O5S/c1-15(2)16-8-11-19(12-9-16)30(28,29)23-21-13-10-18(24(26)27)14-20(21)22(25)17-6-4-3-5-7-17/h3-15,23H,1-2H3. The van der Waals surface area contributed by atoms with E-state index < -0.39 is 20.7 Å². The van der Waals surface area contributed by atoms with Gasteiger partial charge in [0.15, 0.2) is 5.78 Å². The highest BCUT2D eigenvalue weighted by Crippen LogP contribution is 2.27. The average molecular weight is 424 g/mol. The van der Waals surface area contributed by atoms with Gasteiger partial charge in [-0.2, -0.15) is 0 Å². The number of nitro groups is 1. The van der Waals surface area contributed by atoms with Crippen LogP contribution in [0.15, 0.2) is 77.7 Å². The van der Waals surface area contributed by atoms with Gasteiger partial charge in [0.1, 0.15) is 0 Å². The molecule has 1 N–H and O–H groups in total. The Kier molecular flexibility index (Phi) is 5.98. The van der Waals surface area contributed by atoms with Crippen LogP contribution in [0.2, 0.25) is 0 Å². The summed E-state index contributed by atoms with van der Waals surface area (Å²) in [5.74, 6) is -0.272. The monoisotopic (exact) mass is 424 g/mol. The molecule has 0 unspecified atom stereocenters. The quantitative estimate of drug-likeness (QED) is 0.335. The number of carbonyl (C=O) groups is 1. The second kappa shape index (κ2) is 8.46. The Bertz CT molecular complexity index is 1190. The van der Waals surface area contributed by atoms with Gasteiger partial charge in [0.25, 0.3) is 15.7 Å². The van der Waals surface area contributed by atoms with Crippen molar-refractivity contribution >= 4 is 27.2 Å². The number of nitro benzene ring substituents is 1. The van der Waals surface area contributed by atoms with Crippen molar-refractivity contribution in [1.82, 2.24) is 0 Å². The van der Waals surface area contributed by atoms with Crippen LogP contribution in [-0.2, 0) is 10.0 Å². The number of sulfonamides is 1. The molecule has 3 aromatic rings. The van der Waals surface area contributed by atoms with Crippen LogP contribution in [0.4, 0.5) is 11.4 Å². The number of ketones is 1. The van der Waals surface area contributed by atoms with Gasteiger partial charge in [-0.15, -0.1) is 0 Å². The normalized spacial score (nSPS) is 11.3.